The zero-order valence-corrected chi connectivity index (χ0v) is 18.1. The van der Waals surface area contributed by atoms with E-state index in [0.29, 0.717) is 11.6 Å². The van der Waals surface area contributed by atoms with E-state index in [-0.39, 0.29) is 17.2 Å². The van der Waals surface area contributed by atoms with Crippen molar-refractivity contribution >= 4 is 27.5 Å². The van der Waals surface area contributed by atoms with Gasteiger partial charge >= 0.3 is 0 Å². The monoisotopic (exact) mass is 442 g/mol. The van der Waals surface area contributed by atoms with Gasteiger partial charge in [-0.05, 0) is 41.8 Å². The lowest BCUT2D eigenvalue weighted by Gasteiger charge is -2.25. The highest BCUT2D eigenvalue weighted by atomic mass is 35.5. The van der Waals surface area contributed by atoms with Crippen LogP contribution in [0.3, 0.4) is 0 Å². The van der Waals surface area contributed by atoms with Crippen molar-refractivity contribution in [3.63, 3.8) is 0 Å². The van der Waals surface area contributed by atoms with E-state index in [1.807, 2.05) is 60.7 Å². The van der Waals surface area contributed by atoms with Crippen LogP contribution in [-0.4, -0.2) is 32.3 Å². The summed E-state index contributed by atoms with van der Waals surface area (Å²) in [6, 6.07) is 23.8. The van der Waals surface area contributed by atoms with Crippen molar-refractivity contribution in [1.29, 1.82) is 0 Å². The van der Waals surface area contributed by atoms with E-state index < -0.39 is 16.1 Å². The van der Waals surface area contributed by atoms with Crippen LogP contribution in [0.4, 0.5) is 0 Å². The summed E-state index contributed by atoms with van der Waals surface area (Å²) in [4.78, 5) is 14.8. The Morgan fingerprint density at radius 2 is 1.43 bits per heavy atom. The Morgan fingerprint density at radius 1 is 0.900 bits per heavy atom. The molecule has 30 heavy (non-hydrogen) atoms. The summed E-state index contributed by atoms with van der Waals surface area (Å²) in [5.74, 6) is -0.305. The predicted octanol–water partition coefficient (Wildman–Crippen LogP) is 3.89. The SMILES string of the molecule is CN(Cc1ccccc1)C(=O)[C@H](Cc1ccccc1)NS(=O)(=O)c1ccc(Cl)cc1. The fourth-order valence-electron chi connectivity index (χ4n) is 3.10. The smallest absolute Gasteiger partial charge is 0.241 e. The molecular formula is C23H23ClN2O3S. The average molecular weight is 443 g/mol. The van der Waals surface area contributed by atoms with Crippen LogP contribution >= 0.6 is 11.6 Å². The molecule has 0 bridgehead atoms. The number of hydrogen-bond donors (Lipinski definition) is 1. The van der Waals surface area contributed by atoms with Gasteiger partial charge in [-0.2, -0.15) is 4.72 Å². The molecular weight excluding hydrogens is 420 g/mol. The van der Waals surface area contributed by atoms with Crippen molar-refractivity contribution < 1.29 is 13.2 Å². The molecule has 0 saturated carbocycles. The van der Waals surface area contributed by atoms with Crippen LogP contribution in [0.1, 0.15) is 11.1 Å². The molecule has 0 aliphatic carbocycles. The van der Waals surface area contributed by atoms with E-state index >= 15 is 0 Å². The summed E-state index contributed by atoms with van der Waals surface area (Å²) in [6.07, 6.45) is 0.242. The van der Waals surface area contributed by atoms with Crippen molar-refractivity contribution in [1.82, 2.24) is 9.62 Å². The third kappa shape index (κ3) is 5.92. The quantitative estimate of drug-likeness (QED) is 0.575. The van der Waals surface area contributed by atoms with Crippen LogP contribution in [0.5, 0.6) is 0 Å². The van der Waals surface area contributed by atoms with Gasteiger partial charge in [0.15, 0.2) is 0 Å². The maximum Gasteiger partial charge on any atom is 0.241 e. The standard InChI is InChI=1S/C23H23ClN2O3S/c1-26(17-19-10-6-3-7-11-19)23(27)22(16-18-8-4-2-5-9-18)25-30(28,29)21-14-12-20(24)13-15-21/h2-15,22,25H,16-17H2,1H3/t22-/m0/s1. The van der Waals surface area contributed by atoms with Crippen molar-refractivity contribution in [2.45, 2.75) is 23.9 Å². The van der Waals surface area contributed by atoms with Gasteiger partial charge in [0, 0.05) is 18.6 Å². The number of rotatable bonds is 8. The first-order valence-electron chi connectivity index (χ1n) is 9.46. The second-order valence-corrected chi connectivity index (χ2v) is 9.15. The van der Waals surface area contributed by atoms with Gasteiger partial charge in [-0.1, -0.05) is 72.3 Å². The molecule has 0 aliphatic heterocycles. The molecule has 0 aliphatic rings. The Balaban J connectivity index is 1.84. The number of sulfonamides is 1. The van der Waals surface area contributed by atoms with Crippen LogP contribution in [-0.2, 0) is 27.8 Å². The van der Waals surface area contributed by atoms with Gasteiger partial charge in [0.2, 0.25) is 15.9 Å². The average Bonchev–Trinajstić information content (AvgIpc) is 2.74. The van der Waals surface area contributed by atoms with Crippen molar-refractivity contribution in [2.24, 2.45) is 0 Å². The van der Waals surface area contributed by atoms with Gasteiger partial charge in [-0.3, -0.25) is 4.79 Å². The number of halogens is 1. The number of nitrogens with zero attached hydrogens (tertiary/aromatic N) is 1. The first-order valence-corrected chi connectivity index (χ1v) is 11.3. The zero-order chi connectivity index (χ0) is 21.6. The number of hydrogen-bond acceptors (Lipinski definition) is 3. The Hall–Kier alpha value is -2.67. The molecule has 1 amide bonds. The van der Waals surface area contributed by atoms with E-state index in [0.717, 1.165) is 11.1 Å². The molecule has 156 valence electrons. The summed E-state index contributed by atoms with van der Waals surface area (Å²) in [6.45, 7) is 0.383. The summed E-state index contributed by atoms with van der Waals surface area (Å²) in [7, 11) is -2.23. The number of nitrogens with one attached hydrogen (secondary N) is 1. The minimum Gasteiger partial charge on any atom is -0.340 e. The third-order valence-corrected chi connectivity index (χ3v) is 6.38. The fraction of sp³-hybridized carbons (Fsp3) is 0.174. The highest BCUT2D eigenvalue weighted by Crippen LogP contribution is 2.16. The topological polar surface area (TPSA) is 66.5 Å². The van der Waals surface area contributed by atoms with E-state index in [1.165, 1.54) is 29.2 Å². The molecule has 1 atom stereocenters. The maximum atomic E-state index is 13.2. The Labute approximate surface area is 182 Å². The van der Waals surface area contributed by atoms with Gasteiger partial charge in [-0.15, -0.1) is 0 Å². The van der Waals surface area contributed by atoms with Crippen molar-refractivity contribution in [2.75, 3.05) is 7.05 Å². The Bertz CT molecular complexity index is 1070. The third-order valence-electron chi connectivity index (χ3n) is 4.64. The molecule has 1 N–H and O–H groups in total. The maximum absolute atomic E-state index is 13.2. The molecule has 0 unspecified atom stereocenters. The normalized spacial score (nSPS) is 12.3. The van der Waals surface area contributed by atoms with Crippen LogP contribution in [0.25, 0.3) is 0 Å². The van der Waals surface area contributed by atoms with Gasteiger partial charge in [0.05, 0.1) is 4.90 Å². The molecule has 7 heteroatoms. The van der Waals surface area contributed by atoms with Crippen LogP contribution in [0, 0.1) is 0 Å². The minimum atomic E-state index is -3.90. The second-order valence-electron chi connectivity index (χ2n) is 7.00. The van der Waals surface area contributed by atoms with Crippen molar-refractivity contribution in [3.05, 3.63) is 101 Å². The van der Waals surface area contributed by atoms with Crippen LogP contribution in [0.2, 0.25) is 5.02 Å². The van der Waals surface area contributed by atoms with Crippen LogP contribution < -0.4 is 4.72 Å². The molecule has 0 saturated heterocycles. The summed E-state index contributed by atoms with van der Waals surface area (Å²) in [5, 5.41) is 0.438. The first kappa shape index (κ1) is 22.0. The predicted molar refractivity (Wildman–Crippen MR) is 119 cm³/mol. The zero-order valence-electron chi connectivity index (χ0n) is 16.5. The molecule has 0 spiro atoms. The largest absolute Gasteiger partial charge is 0.340 e. The first-order chi connectivity index (χ1) is 14.3. The number of likely N-dealkylation sites (N-methyl/N-ethyl adjacent to an activating group) is 1. The van der Waals surface area contributed by atoms with Gasteiger partial charge in [0.25, 0.3) is 0 Å². The Morgan fingerprint density at radius 3 is 2.00 bits per heavy atom. The lowest BCUT2D eigenvalue weighted by molar-refractivity contribution is -0.132. The highest BCUT2D eigenvalue weighted by molar-refractivity contribution is 7.89. The minimum absolute atomic E-state index is 0.0588. The molecule has 0 heterocycles. The molecule has 0 fully saturated rings. The summed E-state index contributed by atoms with van der Waals surface area (Å²) in [5.41, 5.74) is 1.83. The molecule has 5 nitrogen and oxygen atoms in total. The highest BCUT2D eigenvalue weighted by Gasteiger charge is 2.28. The molecule has 3 rings (SSSR count). The van der Waals surface area contributed by atoms with E-state index in [1.54, 1.807) is 7.05 Å². The number of carbonyl (C=O) groups excluding carboxylic acids is 1. The number of amides is 1. The van der Waals surface area contributed by atoms with E-state index in [4.69, 9.17) is 11.6 Å². The van der Waals surface area contributed by atoms with Gasteiger partial charge in [-0.25, -0.2) is 8.42 Å². The van der Waals surface area contributed by atoms with E-state index in [2.05, 4.69) is 4.72 Å². The summed E-state index contributed by atoms with van der Waals surface area (Å²) >= 11 is 5.87. The lowest BCUT2D eigenvalue weighted by atomic mass is 10.1. The number of benzene rings is 3. The number of carbonyl (C=O) groups is 1. The second kappa shape index (κ2) is 9.89. The van der Waals surface area contributed by atoms with Gasteiger partial charge < -0.3 is 4.90 Å². The molecule has 3 aromatic rings. The lowest BCUT2D eigenvalue weighted by Crippen LogP contribution is -2.48. The molecule has 0 radical (unpaired) electrons. The Kier molecular flexibility index (Phi) is 7.26. The fourth-order valence-corrected chi connectivity index (χ4v) is 4.41. The van der Waals surface area contributed by atoms with Crippen molar-refractivity contribution in [3.8, 4) is 0 Å². The van der Waals surface area contributed by atoms with Crippen LogP contribution in [0.15, 0.2) is 89.8 Å². The molecule has 0 aromatic heterocycles. The van der Waals surface area contributed by atoms with E-state index in [9.17, 15) is 13.2 Å². The molecule has 3 aromatic carbocycles. The summed E-state index contributed by atoms with van der Waals surface area (Å²) < 4.78 is 28.4. The van der Waals surface area contributed by atoms with Gasteiger partial charge in [0.1, 0.15) is 6.04 Å².